The van der Waals surface area contributed by atoms with E-state index in [0.717, 1.165) is 0 Å². The minimum atomic E-state index is -2.00. The van der Waals surface area contributed by atoms with Crippen LogP contribution in [0.3, 0.4) is 0 Å². The number of β-lactam (4-membered cyclic amide) rings is 1. The van der Waals surface area contributed by atoms with Gasteiger partial charge in [0, 0.05) is 12.1 Å². The molecule has 1 aromatic rings. The summed E-state index contributed by atoms with van der Waals surface area (Å²) in [5, 5.41) is 10.7. The van der Waals surface area contributed by atoms with Crippen LogP contribution in [0.4, 0.5) is 10.5 Å². The number of carbonyl (C=O) groups is 2. The van der Waals surface area contributed by atoms with Crippen LogP contribution in [0.2, 0.25) is 18.1 Å². The first-order chi connectivity index (χ1) is 13.4. The summed E-state index contributed by atoms with van der Waals surface area (Å²) in [5.74, 6) is -0.342. The van der Waals surface area contributed by atoms with Gasteiger partial charge in [0.1, 0.15) is 19.1 Å². The zero-order chi connectivity index (χ0) is 22.0. The lowest BCUT2D eigenvalue weighted by Gasteiger charge is -2.57. The summed E-state index contributed by atoms with van der Waals surface area (Å²) in [6.45, 7) is 10.8. The maximum absolute atomic E-state index is 12.8. The second kappa shape index (κ2) is 8.74. The molecule has 1 fully saturated rings. The molecule has 8 nitrogen and oxygen atoms in total. The van der Waals surface area contributed by atoms with Gasteiger partial charge in [0.05, 0.1) is 10.3 Å². The average molecular weight is 441 g/mol. The first-order valence-electron chi connectivity index (χ1n) is 9.29. The highest BCUT2D eigenvalue weighted by Gasteiger charge is 2.57. The van der Waals surface area contributed by atoms with E-state index in [1.807, 2.05) is 10.8 Å². The van der Waals surface area contributed by atoms with Crippen LogP contribution in [0.1, 0.15) is 26.3 Å². The van der Waals surface area contributed by atoms with E-state index in [4.69, 9.17) is 9.47 Å². The van der Waals surface area contributed by atoms with Gasteiger partial charge in [-0.25, -0.2) is 4.79 Å². The number of rotatable bonds is 7. The van der Waals surface area contributed by atoms with Crippen LogP contribution in [-0.2, 0) is 20.9 Å². The monoisotopic (exact) mass is 440 g/mol. The summed E-state index contributed by atoms with van der Waals surface area (Å²) in [6, 6.07) is 5.72. The number of hydrogen-bond donors (Lipinski definition) is 0. The number of benzene rings is 1. The Morgan fingerprint density at radius 3 is 2.31 bits per heavy atom. The van der Waals surface area contributed by atoms with Gasteiger partial charge in [0.2, 0.25) is 5.91 Å². The highest BCUT2D eigenvalue weighted by molar-refractivity contribution is 7.99. The fourth-order valence-corrected chi connectivity index (χ4v) is 7.16. The van der Waals surface area contributed by atoms with Crippen molar-refractivity contribution in [1.29, 1.82) is 0 Å². The van der Waals surface area contributed by atoms with Crippen molar-refractivity contribution >= 4 is 37.7 Å². The Bertz CT molecular complexity index is 778. The Labute approximate surface area is 176 Å². The van der Waals surface area contributed by atoms with Gasteiger partial charge >= 0.3 is 6.16 Å². The second-order valence-corrected chi connectivity index (χ2v) is 14.6. The van der Waals surface area contributed by atoms with E-state index in [1.54, 1.807) is 11.8 Å². The molecular formula is C19H28N2O6SSi. The third-order valence-corrected chi connectivity index (χ3v) is 12.3. The van der Waals surface area contributed by atoms with Crippen LogP contribution >= 0.6 is 11.8 Å². The summed E-state index contributed by atoms with van der Waals surface area (Å²) >= 11 is 1.59. The molecule has 2 atom stereocenters. The van der Waals surface area contributed by atoms with E-state index in [9.17, 15) is 19.7 Å². The third kappa shape index (κ3) is 4.92. The maximum atomic E-state index is 12.8. The van der Waals surface area contributed by atoms with E-state index in [1.165, 1.54) is 24.3 Å². The lowest BCUT2D eigenvalue weighted by Crippen LogP contribution is -2.72. The van der Waals surface area contributed by atoms with Gasteiger partial charge in [-0.3, -0.25) is 14.9 Å². The van der Waals surface area contributed by atoms with Crippen LogP contribution in [0.5, 0.6) is 0 Å². The number of nitro benzene ring substituents is 1. The average Bonchev–Trinajstić information content (AvgIpc) is 2.63. The number of hydrogen-bond acceptors (Lipinski definition) is 7. The highest BCUT2D eigenvalue weighted by atomic mass is 32.2. The van der Waals surface area contributed by atoms with Crippen LogP contribution in [-0.4, -0.2) is 48.0 Å². The molecule has 0 aliphatic carbocycles. The van der Waals surface area contributed by atoms with Gasteiger partial charge in [0.25, 0.3) is 5.69 Å². The van der Waals surface area contributed by atoms with Crippen molar-refractivity contribution in [2.24, 2.45) is 5.92 Å². The summed E-state index contributed by atoms with van der Waals surface area (Å²) < 4.78 is 12.2. The van der Waals surface area contributed by atoms with E-state index in [2.05, 4.69) is 33.9 Å². The van der Waals surface area contributed by atoms with Crippen molar-refractivity contribution in [3.63, 3.8) is 0 Å². The maximum Gasteiger partial charge on any atom is 0.508 e. The molecule has 0 radical (unpaired) electrons. The lowest BCUT2D eigenvalue weighted by atomic mass is 10.0. The summed E-state index contributed by atoms with van der Waals surface area (Å²) in [5.41, 5.74) is 0.576. The molecule has 0 saturated carbocycles. The molecule has 29 heavy (non-hydrogen) atoms. The Morgan fingerprint density at radius 1 is 1.24 bits per heavy atom. The smallest absolute Gasteiger partial charge is 0.433 e. The number of nitro groups is 1. The Balaban J connectivity index is 1.87. The number of amides is 1. The summed E-state index contributed by atoms with van der Waals surface area (Å²) in [6.07, 6.45) is 1.10. The topological polar surface area (TPSA) is 99.0 Å². The zero-order valence-electron chi connectivity index (χ0n) is 17.6. The fourth-order valence-electron chi connectivity index (χ4n) is 2.96. The van der Waals surface area contributed by atoms with Crippen LogP contribution in [0.15, 0.2) is 24.3 Å². The van der Waals surface area contributed by atoms with Gasteiger partial charge in [-0.05, 0) is 29.0 Å². The minimum absolute atomic E-state index is 0.00846. The summed E-state index contributed by atoms with van der Waals surface area (Å²) in [7, 11) is -2.00. The normalized spacial score (nSPS) is 19.5. The van der Waals surface area contributed by atoms with Crippen molar-refractivity contribution in [3.05, 3.63) is 39.9 Å². The second-order valence-electron chi connectivity index (χ2n) is 8.52. The molecule has 1 heterocycles. The van der Waals surface area contributed by atoms with E-state index >= 15 is 0 Å². The van der Waals surface area contributed by atoms with E-state index in [-0.39, 0.29) is 41.1 Å². The molecule has 0 N–H and O–H groups in total. The molecule has 0 aromatic heterocycles. The number of carbonyl (C=O) groups excluding carboxylic acids is 2. The molecule has 1 amide bonds. The van der Waals surface area contributed by atoms with Gasteiger partial charge in [-0.15, -0.1) is 11.8 Å². The van der Waals surface area contributed by atoms with E-state index < -0.39 is 19.3 Å². The van der Waals surface area contributed by atoms with Crippen molar-refractivity contribution in [3.8, 4) is 0 Å². The molecular weight excluding hydrogens is 412 g/mol. The first kappa shape index (κ1) is 23.2. The Morgan fingerprint density at radius 2 is 1.83 bits per heavy atom. The van der Waals surface area contributed by atoms with Crippen LogP contribution in [0.25, 0.3) is 0 Å². The van der Waals surface area contributed by atoms with Gasteiger partial charge in [0.15, 0.2) is 8.24 Å². The molecule has 1 aromatic carbocycles. The number of nitrogens with zero attached hydrogens (tertiary/aromatic N) is 2. The Kier molecular flexibility index (Phi) is 7.00. The zero-order valence-corrected chi connectivity index (χ0v) is 19.4. The van der Waals surface area contributed by atoms with Crippen molar-refractivity contribution in [2.45, 2.75) is 50.9 Å². The number of thioether (sulfide) groups is 1. The third-order valence-electron chi connectivity index (χ3n) is 5.72. The molecule has 2 rings (SSSR count). The van der Waals surface area contributed by atoms with E-state index in [0.29, 0.717) is 5.56 Å². The van der Waals surface area contributed by atoms with Crippen molar-refractivity contribution in [1.82, 2.24) is 4.57 Å². The van der Waals surface area contributed by atoms with Gasteiger partial charge in [-0.2, -0.15) is 0 Å². The predicted octanol–water partition coefficient (Wildman–Crippen LogP) is 4.40. The quantitative estimate of drug-likeness (QED) is 0.204. The molecule has 1 aliphatic rings. The Hall–Kier alpha value is -2.07. The molecule has 0 spiro atoms. The minimum Gasteiger partial charge on any atom is -0.433 e. The molecule has 0 bridgehead atoms. The first-order valence-corrected chi connectivity index (χ1v) is 13.5. The predicted molar refractivity (Wildman–Crippen MR) is 114 cm³/mol. The number of ether oxygens (including phenoxy) is 2. The largest absolute Gasteiger partial charge is 0.508 e. The van der Waals surface area contributed by atoms with Crippen molar-refractivity contribution < 1.29 is 24.0 Å². The molecule has 160 valence electrons. The van der Waals surface area contributed by atoms with Crippen LogP contribution in [0, 0.1) is 16.0 Å². The SMILES string of the molecule is CS[C@@H]1[C@@H](COC(=O)OCc2ccc([N+](=O)[O-])cc2)C(=O)N1[Si](C)(C)C(C)(C)C. The molecule has 1 saturated heterocycles. The lowest BCUT2D eigenvalue weighted by molar-refractivity contribution is -0.384. The standard InChI is InChI=1S/C19H28N2O6SSi/c1-19(2,3)29(5,6)20-16(22)15(17(20)28-4)12-27-18(23)26-11-13-7-9-14(10-8-13)21(24)25/h7-10,15,17H,11-12H2,1-6H3/t15-,17+/m0/s1. The molecule has 1 aliphatic heterocycles. The van der Waals surface area contributed by atoms with Gasteiger partial charge in [-0.1, -0.05) is 33.9 Å². The van der Waals surface area contributed by atoms with Crippen LogP contribution < -0.4 is 0 Å². The summed E-state index contributed by atoms with van der Waals surface area (Å²) in [4.78, 5) is 34.8. The number of non-ortho nitro benzene ring substituents is 1. The van der Waals surface area contributed by atoms with Crippen molar-refractivity contribution in [2.75, 3.05) is 12.9 Å². The highest BCUT2D eigenvalue weighted by Crippen LogP contribution is 2.47. The molecule has 10 heteroatoms. The fraction of sp³-hybridized carbons (Fsp3) is 0.579. The molecule has 0 unspecified atom stereocenters. The van der Waals surface area contributed by atoms with Gasteiger partial charge < -0.3 is 14.0 Å².